The van der Waals surface area contributed by atoms with Crippen molar-refractivity contribution in [3.8, 4) is 0 Å². The van der Waals surface area contributed by atoms with E-state index in [-0.39, 0.29) is 11.1 Å². The van der Waals surface area contributed by atoms with E-state index in [1.165, 1.54) is 0 Å². The van der Waals surface area contributed by atoms with Crippen molar-refractivity contribution in [3.05, 3.63) is 34.9 Å². The summed E-state index contributed by atoms with van der Waals surface area (Å²) in [4.78, 5) is 50.0. The third-order valence-corrected chi connectivity index (χ3v) is 5.17. The molecule has 26 heavy (non-hydrogen) atoms. The van der Waals surface area contributed by atoms with Gasteiger partial charge in [-0.3, -0.25) is 19.3 Å². The van der Waals surface area contributed by atoms with Crippen molar-refractivity contribution >= 4 is 23.7 Å². The highest BCUT2D eigenvalue weighted by Gasteiger charge is 2.42. The Bertz CT molecular complexity index is 778. The standard InChI is InChI=1S/C19H22N2O5/c1-12-6-7-13-14(10-12)17(24)21(16(13)23)11-15(22)20-19(18(25)26)8-4-2-3-5-9-19/h6-7,10H,2-5,8-9,11H2,1H3,(H,20,22)(H,25,26). The summed E-state index contributed by atoms with van der Waals surface area (Å²) >= 11 is 0. The number of hydrogen-bond donors (Lipinski definition) is 2. The van der Waals surface area contributed by atoms with Crippen molar-refractivity contribution in [1.82, 2.24) is 10.2 Å². The third kappa shape index (κ3) is 3.21. The first-order chi connectivity index (χ1) is 12.3. The maximum Gasteiger partial charge on any atom is 0.329 e. The summed E-state index contributed by atoms with van der Waals surface area (Å²) in [6, 6.07) is 4.93. The molecule has 1 aromatic carbocycles. The molecule has 7 nitrogen and oxygen atoms in total. The summed E-state index contributed by atoms with van der Waals surface area (Å²) in [6.45, 7) is 1.34. The molecule has 0 spiro atoms. The Balaban J connectivity index is 1.75. The largest absolute Gasteiger partial charge is 0.480 e. The molecule has 0 unspecified atom stereocenters. The van der Waals surface area contributed by atoms with E-state index in [0.29, 0.717) is 12.8 Å². The number of nitrogens with zero attached hydrogens (tertiary/aromatic N) is 1. The van der Waals surface area contributed by atoms with E-state index in [9.17, 15) is 24.3 Å². The molecule has 1 saturated carbocycles. The zero-order valence-electron chi connectivity index (χ0n) is 14.7. The van der Waals surface area contributed by atoms with Gasteiger partial charge >= 0.3 is 5.97 Å². The molecule has 3 amide bonds. The van der Waals surface area contributed by atoms with Gasteiger partial charge in [0.25, 0.3) is 11.8 Å². The van der Waals surface area contributed by atoms with Gasteiger partial charge in [0.05, 0.1) is 11.1 Å². The van der Waals surface area contributed by atoms with Crippen LogP contribution < -0.4 is 5.32 Å². The normalized spacial score (nSPS) is 19.0. The van der Waals surface area contributed by atoms with E-state index in [2.05, 4.69) is 5.32 Å². The molecule has 0 bridgehead atoms. The number of rotatable bonds is 4. The Morgan fingerprint density at radius 2 is 1.69 bits per heavy atom. The first kappa shape index (κ1) is 18.1. The van der Waals surface area contributed by atoms with Crippen molar-refractivity contribution in [1.29, 1.82) is 0 Å². The van der Waals surface area contributed by atoms with Crippen LogP contribution in [0.5, 0.6) is 0 Å². The average molecular weight is 358 g/mol. The van der Waals surface area contributed by atoms with Crippen LogP contribution in [0.4, 0.5) is 0 Å². The van der Waals surface area contributed by atoms with Crippen molar-refractivity contribution in [2.24, 2.45) is 0 Å². The van der Waals surface area contributed by atoms with Crippen LogP contribution in [0.1, 0.15) is 64.8 Å². The number of carboxylic acids is 1. The summed E-state index contributed by atoms with van der Waals surface area (Å²) in [6.07, 6.45) is 4.02. The van der Waals surface area contributed by atoms with Crippen molar-refractivity contribution < 1.29 is 24.3 Å². The second-order valence-corrected chi connectivity index (χ2v) is 7.10. The van der Waals surface area contributed by atoms with Crippen molar-refractivity contribution in [2.45, 2.75) is 51.0 Å². The highest BCUT2D eigenvalue weighted by molar-refractivity contribution is 6.22. The fourth-order valence-electron chi connectivity index (χ4n) is 3.72. The van der Waals surface area contributed by atoms with Gasteiger partial charge in [-0.15, -0.1) is 0 Å². The van der Waals surface area contributed by atoms with E-state index < -0.39 is 35.8 Å². The molecule has 0 radical (unpaired) electrons. The van der Waals surface area contributed by atoms with Gasteiger partial charge in [0.1, 0.15) is 12.1 Å². The van der Waals surface area contributed by atoms with Gasteiger partial charge in [-0.05, 0) is 31.9 Å². The molecule has 1 aliphatic carbocycles. The van der Waals surface area contributed by atoms with Gasteiger partial charge in [-0.2, -0.15) is 0 Å². The topological polar surface area (TPSA) is 104 Å². The van der Waals surface area contributed by atoms with Crippen LogP contribution in [0.15, 0.2) is 18.2 Å². The predicted octanol–water partition coefficient (Wildman–Crippen LogP) is 1.88. The second kappa shape index (κ2) is 6.90. The average Bonchev–Trinajstić information content (AvgIpc) is 2.77. The summed E-state index contributed by atoms with van der Waals surface area (Å²) in [5.41, 5.74) is 0.0866. The lowest BCUT2D eigenvalue weighted by Crippen LogP contribution is -2.56. The first-order valence-electron chi connectivity index (χ1n) is 8.85. The van der Waals surface area contributed by atoms with E-state index in [1.807, 2.05) is 6.92 Å². The number of carboxylic acid groups (broad SMARTS) is 1. The number of benzene rings is 1. The fraction of sp³-hybridized carbons (Fsp3) is 0.474. The zero-order chi connectivity index (χ0) is 18.9. The quantitative estimate of drug-likeness (QED) is 0.632. The lowest BCUT2D eigenvalue weighted by Gasteiger charge is -2.30. The van der Waals surface area contributed by atoms with Gasteiger partial charge < -0.3 is 10.4 Å². The Morgan fingerprint density at radius 1 is 1.08 bits per heavy atom. The number of fused-ring (bicyclic) bond motifs is 1. The minimum atomic E-state index is -1.32. The van der Waals surface area contributed by atoms with Crippen molar-refractivity contribution in [3.63, 3.8) is 0 Å². The Hall–Kier alpha value is -2.70. The number of amides is 3. The maximum atomic E-state index is 12.5. The number of hydrogen-bond acceptors (Lipinski definition) is 4. The predicted molar refractivity (Wildman–Crippen MR) is 92.8 cm³/mol. The number of imide groups is 1. The molecule has 0 aromatic heterocycles. The number of carbonyl (C=O) groups is 4. The first-order valence-corrected chi connectivity index (χ1v) is 8.85. The molecule has 1 heterocycles. The molecule has 2 N–H and O–H groups in total. The van der Waals surface area contributed by atoms with Crippen LogP contribution in [0, 0.1) is 6.92 Å². The van der Waals surface area contributed by atoms with Gasteiger partial charge in [0, 0.05) is 0 Å². The van der Waals surface area contributed by atoms with Gasteiger partial charge in [0.2, 0.25) is 5.91 Å². The fourth-order valence-corrected chi connectivity index (χ4v) is 3.72. The zero-order valence-corrected chi connectivity index (χ0v) is 14.7. The van der Waals surface area contributed by atoms with Gasteiger partial charge in [-0.1, -0.05) is 37.3 Å². The summed E-state index contributed by atoms with van der Waals surface area (Å²) in [5.74, 6) is -2.73. The number of nitrogens with one attached hydrogen (secondary N) is 1. The SMILES string of the molecule is Cc1ccc2c(c1)C(=O)N(CC(=O)NC1(C(=O)O)CCCCCC1)C2=O. The van der Waals surface area contributed by atoms with Gasteiger partial charge in [0.15, 0.2) is 0 Å². The van der Waals surface area contributed by atoms with E-state index in [0.717, 1.165) is 36.1 Å². The van der Waals surface area contributed by atoms with Crippen molar-refractivity contribution in [2.75, 3.05) is 6.54 Å². The molecule has 2 aliphatic rings. The van der Waals surface area contributed by atoms with Crippen LogP contribution in [0.2, 0.25) is 0 Å². The lowest BCUT2D eigenvalue weighted by atomic mass is 9.90. The highest BCUT2D eigenvalue weighted by atomic mass is 16.4. The Kier molecular flexibility index (Phi) is 4.80. The van der Waals surface area contributed by atoms with E-state index in [1.54, 1.807) is 18.2 Å². The third-order valence-electron chi connectivity index (χ3n) is 5.17. The molecule has 138 valence electrons. The molecule has 1 aromatic rings. The molecule has 7 heteroatoms. The van der Waals surface area contributed by atoms with Crippen LogP contribution in [-0.4, -0.2) is 45.8 Å². The Morgan fingerprint density at radius 3 is 2.31 bits per heavy atom. The minimum absolute atomic E-state index is 0.274. The summed E-state index contributed by atoms with van der Waals surface area (Å²) in [7, 11) is 0. The molecule has 3 rings (SSSR count). The molecule has 0 atom stereocenters. The van der Waals surface area contributed by atoms with Crippen LogP contribution in [0.3, 0.4) is 0 Å². The highest BCUT2D eigenvalue weighted by Crippen LogP contribution is 2.28. The van der Waals surface area contributed by atoms with E-state index >= 15 is 0 Å². The monoisotopic (exact) mass is 358 g/mol. The second-order valence-electron chi connectivity index (χ2n) is 7.10. The number of carbonyl (C=O) groups excluding carboxylic acids is 3. The molecular weight excluding hydrogens is 336 g/mol. The summed E-state index contributed by atoms with van der Waals surface area (Å²) in [5, 5.41) is 12.2. The summed E-state index contributed by atoms with van der Waals surface area (Å²) < 4.78 is 0. The van der Waals surface area contributed by atoms with Crippen LogP contribution in [0.25, 0.3) is 0 Å². The number of aryl methyl sites for hydroxylation is 1. The molecule has 1 aliphatic heterocycles. The molecule has 1 fully saturated rings. The lowest BCUT2D eigenvalue weighted by molar-refractivity contribution is -0.148. The number of aliphatic carboxylic acids is 1. The Labute approximate surface area is 151 Å². The smallest absolute Gasteiger partial charge is 0.329 e. The van der Waals surface area contributed by atoms with E-state index in [4.69, 9.17) is 0 Å². The molecular formula is C19H22N2O5. The van der Waals surface area contributed by atoms with Gasteiger partial charge in [-0.25, -0.2) is 4.79 Å². The maximum absolute atomic E-state index is 12.5. The van der Waals surface area contributed by atoms with Crippen LogP contribution in [-0.2, 0) is 9.59 Å². The molecule has 0 saturated heterocycles. The van der Waals surface area contributed by atoms with Crippen LogP contribution >= 0.6 is 0 Å². The minimum Gasteiger partial charge on any atom is -0.480 e.